The zero-order chi connectivity index (χ0) is 22.7. The zero-order valence-corrected chi connectivity index (χ0v) is 20.7. The van der Waals surface area contributed by atoms with Crippen LogP contribution in [0.3, 0.4) is 0 Å². The van der Waals surface area contributed by atoms with Crippen molar-refractivity contribution < 1.29 is 9.47 Å². The van der Waals surface area contributed by atoms with Gasteiger partial charge in [0, 0.05) is 0 Å². The van der Waals surface area contributed by atoms with E-state index in [4.69, 9.17) is 9.47 Å². The first-order chi connectivity index (χ1) is 16.1. The molecule has 0 aliphatic carbocycles. The van der Waals surface area contributed by atoms with Gasteiger partial charge in [0.2, 0.25) is 0 Å². The molecule has 1 aliphatic rings. The van der Waals surface area contributed by atoms with Crippen molar-refractivity contribution in [2.24, 2.45) is 0 Å². The van der Waals surface area contributed by atoms with Gasteiger partial charge in [-0.25, -0.2) is 0 Å². The van der Waals surface area contributed by atoms with Crippen molar-refractivity contribution in [3.05, 3.63) is 121 Å². The summed E-state index contributed by atoms with van der Waals surface area (Å²) in [6.07, 6.45) is 0. The molecule has 0 spiro atoms. The quantitative estimate of drug-likeness (QED) is 0.337. The van der Waals surface area contributed by atoms with Crippen LogP contribution in [0.1, 0.15) is 13.8 Å². The first-order valence-corrected chi connectivity index (χ1v) is 14.1. The molecule has 4 aromatic rings. The third-order valence-corrected chi connectivity index (χ3v) is 11.1. The van der Waals surface area contributed by atoms with Crippen molar-refractivity contribution in [3.63, 3.8) is 0 Å². The molecule has 1 unspecified atom stereocenters. The van der Waals surface area contributed by atoms with Crippen LogP contribution in [0.25, 0.3) is 0 Å². The van der Waals surface area contributed by atoms with E-state index in [2.05, 4.69) is 121 Å². The number of hydrogen-bond acceptors (Lipinski definition) is 2. The fraction of sp³-hybridized carbons (Fsp3) is 0.172. The third-order valence-electron chi connectivity index (χ3n) is 5.70. The van der Waals surface area contributed by atoms with E-state index in [1.54, 1.807) is 0 Å². The van der Waals surface area contributed by atoms with Gasteiger partial charge in [-0.2, -0.15) is 0 Å². The summed E-state index contributed by atoms with van der Waals surface area (Å²) in [7, 11) is -1.59. The van der Waals surface area contributed by atoms with E-state index in [9.17, 15) is 0 Å². The van der Waals surface area contributed by atoms with Gasteiger partial charge in [0.1, 0.15) is 11.7 Å². The Morgan fingerprint density at radius 1 is 0.455 bits per heavy atom. The number of hydrogen-bond donors (Lipinski definition) is 0. The summed E-state index contributed by atoms with van der Waals surface area (Å²) < 4.78 is 13.6. The summed E-state index contributed by atoms with van der Waals surface area (Å²) in [5, 5.41) is 5.24. The van der Waals surface area contributed by atoms with E-state index in [1.807, 2.05) is 13.8 Å². The smallest absolute Gasteiger partial charge is 0.164 e. The Hall–Kier alpha value is -2.34. The lowest BCUT2D eigenvalue weighted by molar-refractivity contribution is -0.133. The molecule has 5 rings (SSSR count). The van der Waals surface area contributed by atoms with Gasteiger partial charge in [0.05, 0.1) is 0 Å². The highest BCUT2D eigenvalue weighted by Gasteiger charge is 2.49. The molecule has 0 amide bonds. The first-order valence-electron chi connectivity index (χ1n) is 11.3. The van der Waals surface area contributed by atoms with Crippen LogP contribution in [-0.2, 0) is 9.47 Å². The fourth-order valence-electron chi connectivity index (χ4n) is 4.33. The second kappa shape index (κ2) is 9.88. The van der Waals surface area contributed by atoms with Crippen molar-refractivity contribution in [2.45, 2.75) is 31.3 Å². The molecule has 0 saturated carbocycles. The Morgan fingerprint density at radius 2 is 0.697 bits per heavy atom. The van der Waals surface area contributed by atoms with Gasteiger partial charge >= 0.3 is 0 Å². The molecule has 0 aromatic heterocycles. The van der Waals surface area contributed by atoms with Crippen molar-refractivity contribution in [3.8, 4) is 0 Å². The molecule has 2 nitrogen and oxygen atoms in total. The molecule has 0 N–H and O–H groups in total. The highest BCUT2D eigenvalue weighted by molar-refractivity contribution is 7.77. The number of ether oxygens (including phenoxy) is 2. The van der Waals surface area contributed by atoms with E-state index in [0.29, 0.717) is 0 Å². The third kappa shape index (κ3) is 4.96. The Bertz CT molecular complexity index is 979. The molecule has 33 heavy (non-hydrogen) atoms. The monoisotopic (exact) mass is 470 g/mol. The second-order valence-corrected chi connectivity index (χ2v) is 13.1. The van der Waals surface area contributed by atoms with Gasteiger partial charge in [0.15, 0.2) is 5.79 Å². The zero-order valence-electron chi connectivity index (χ0n) is 18.9. The van der Waals surface area contributed by atoms with E-state index < -0.39 is 21.6 Å². The lowest BCUT2D eigenvalue weighted by Gasteiger charge is -2.32. The van der Waals surface area contributed by atoms with Crippen LogP contribution in [0.5, 0.6) is 0 Å². The summed E-state index contributed by atoms with van der Waals surface area (Å²) in [6, 6.07) is 43.2. The maximum absolute atomic E-state index is 6.78. The van der Waals surface area contributed by atoms with E-state index >= 15 is 0 Å². The van der Waals surface area contributed by atoms with Crippen molar-refractivity contribution in [1.82, 2.24) is 0 Å². The summed E-state index contributed by atoms with van der Waals surface area (Å²) in [5.41, 5.74) is 0. The predicted molar refractivity (Wildman–Crippen MR) is 142 cm³/mol. The van der Waals surface area contributed by atoms with Crippen LogP contribution in [0.4, 0.5) is 0 Å². The molecule has 2 atom stereocenters. The summed E-state index contributed by atoms with van der Waals surface area (Å²) in [4.78, 5) is 0. The molecule has 166 valence electrons. The average molecular weight is 470 g/mol. The molecule has 1 saturated heterocycles. The molecular weight excluding hydrogens is 442 g/mol. The van der Waals surface area contributed by atoms with Gasteiger partial charge in [0.25, 0.3) is 0 Å². The van der Waals surface area contributed by atoms with Crippen molar-refractivity contribution in [1.29, 1.82) is 0 Å². The van der Waals surface area contributed by atoms with Crippen LogP contribution in [-0.4, -0.2) is 17.5 Å². The SMILES string of the molecule is CC1(C)OC(P(c2ccccc2)c2ccccc2)[C@H](P(c2ccccc2)c2ccccc2)O1. The van der Waals surface area contributed by atoms with Crippen molar-refractivity contribution in [2.75, 3.05) is 0 Å². The van der Waals surface area contributed by atoms with Gasteiger partial charge in [-0.3, -0.25) is 0 Å². The average Bonchev–Trinajstić information content (AvgIpc) is 3.16. The topological polar surface area (TPSA) is 18.5 Å². The maximum Gasteiger partial charge on any atom is 0.164 e. The highest BCUT2D eigenvalue weighted by Crippen LogP contribution is 2.57. The second-order valence-electron chi connectivity index (χ2n) is 8.50. The molecule has 1 heterocycles. The molecule has 4 heteroatoms. The minimum atomic E-state index is -0.794. The highest BCUT2D eigenvalue weighted by atomic mass is 31.1. The molecular formula is C29H28O2P2. The Kier molecular flexibility index (Phi) is 6.72. The predicted octanol–water partition coefficient (Wildman–Crippen LogP) is 5.69. The van der Waals surface area contributed by atoms with Gasteiger partial charge < -0.3 is 9.47 Å². The van der Waals surface area contributed by atoms with Gasteiger partial charge in [-0.05, 0) is 50.9 Å². The van der Waals surface area contributed by atoms with Gasteiger partial charge in [-0.15, -0.1) is 0 Å². The summed E-state index contributed by atoms with van der Waals surface area (Å²) >= 11 is 0. The minimum Gasteiger partial charge on any atom is -0.339 e. The Morgan fingerprint density at radius 3 is 0.939 bits per heavy atom. The van der Waals surface area contributed by atoms with Crippen LogP contribution in [0.2, 0.25) is 0 Å². The number of rotatable bonds is 6. The largest absolute Gasteiger partial charge is 0.339 e. The molecule has 1 fully saturated rings. The first kappa shape index (κ1) is 22.5. The van der Waals surface area contributed by atoms with E-state index in [0.717, 1.165) is 0 Å². The minimum absolute atomic E-state index is 0.0636. The Balaban J connectivity index is 1.66. The lowest BCUT2D eigenvalue weighted by Crippen LogP contribution is -2.33. The molecule has 4 aromatic carbocycles. The van der Waals surface area contributed by atoms with Crippen LogP contribution in [0.15, 0.2) is 121 Å². The van der Waals surface area contributed by atoms with E-state index in [-0.39, 0.29) is 11.7 Å². The van der Waals surface area contributed by atoms with Crippen LogP contribution < -0.4 is 21.2 Å². The number of benzene rings is 4. The molecule has 0 bridgehead atoms. The standard InChI is InChI=1S/C29H28O2P2/c1-29(2)30-27(32(23-15-7-3-8-16-23)24-17-9-4-10-18-24)28(31-29)33(25-19-11-5-12-20-25)26-21-13-6-14-22-26/h3-22,27-28H,1-2H3/t27-,28?/m0/s1. The van der Waals surface area contributed by atoms with Crippen molar-refractivity contribution >= 4 is 37.1 Å². The van der Waals surface area contributed by atoms with Crippen LogP contribution >= 0.6 is 15.8 Å². The normalized spacial score (nSPS) is 19.8. The molecule has 1 aliphatic heterocycles. The summed E-state index contributed by atoms with van der Waals surface area (Å²) in [6.45, 7) is 4.10. The Labute approximate surface area is 199 Å². The molecule has 0 radical (unpaired) electrons. The lowest BCUT2D eigenvalue weighted by atomic mass is 10.4. The maximum atomic E-state index is 6.78. The summed E-state index contributed by atoms with van der Waals surface area (Å²) in [5.74, 6) is -0.776. The van der Waals surface area contributed by atoms with Gasteiger partial charge in [-0.1, -0.05) is 121 Å². The van der Waals surface area contributed by atoms with Crippen LogP contribution in [0, 0.1) is 0 Å². The fourth-order valence-corrected chi connectivity index (χ4v) is 10.2. The van der Waals surface area contributed by atoms with E-state index in [1.165, 1.54) is 21.2 Å².